The number of carbonyl (C=O) groups excluding carboxylic acids is 1. The van der Waals surface area contributed by atoms with Crippen LogP contribution >= 0.6 is 0 Å². The minimum Gasteiger partial charge on any atom is -0.490 e. The van der Waals surface area contributed by atoms with E-state index < -0.39 is 21.8 Å². The maximum absolute atomic E-state index is 11.1. The fraction of sp³-hybridized carbons (Fsp3) is 0.312. The van der Waals surface area contributed by atoms with Crippen molar-refractivity contribution in [1.29, 1.82) is 0 Å². The van der Waals surface area contributed by atoms with Crippen LogP contribution in [0.15, 0.2) is 36.4 Å². The van der Waals surface area contributed by atoms with Crippen molar-refractivity contribution in [2.24, 2.45) is 0 Å². The molecule has 1 unspecified atom stereocenters. The topological polar surface area (TPSA) is 102 Å². The molecule has 0 aliphatic carbocycles. The summed E-state index contributed by atoms with van der Waals surface area (Å²) in [5.74, 6) is -1.46. The molecule has 1 saturated heterocycles. The monoisotopic (exact) mass is 352 g/mol. The smallest absolute Gasteiger partial charge is 0.323 e. The average Bonchev–Trinajstić information content (AvgIpc) is 3.34. The van der Waals surface area contributed by atoms with Crippen LogP contribution in [0.25, 0.3) is 10.8 Å². The van der Waals surface area contributed by atoms with Crippen molar-refractivity contribution in [1.82, 2.24) is 0 Å². The maximum atomic E-state index is 11.1. The molecule has 7 nitrogen and oxygen atoms in total. The van der Waals surface area contributed by atoms with Gasteiger partial charge in [-0.2, -0.15) is 8.42 Å². The van der Waals surface area contributed by atoms with E-state index >= 15 is 0 Å². The van der Waals surface area contributed by atoms with Gasteiger partial charge >= 0.3 is 5.97 Å². The van der Waals surface area contributed by atoms with Crippen molar-refractivity contribution in [3.05, 3.63) is 42.0 Å². The minimum atomic E-state index is -4.37. The van der Waals surface area contributed by atoms with Gasteiger partial charge in [0.25, 0.3) is 10.1 Å². The standard InChI is InChI=1S/C16H16O7S/c17-16(10-24(18,19)20)22-6-5-21-14-4-3-11-7-13(15-9-23-15)2-1-12(11)8-14/h1-4,7-8,15H,5-6,9-10H2,(H,18,19,20). The molecule has 3 rings (SSSR count). The summed E-state index contributed by atoms with van der Waals surface area (Å²) in [7, 11) is -4.37. The van der Waals surface area contributed by atoms with Gasteiger partial charge in [-0.1, -0.05) is 18.2 Å². The first-order valence-corrected chi connectivity index (χ1v) is 8.90. The van der Waals surface area contributed by atoms with Crippen LogP contribution in [0.5, 0.6) is 5.75 Å². The lowest BCUT2D eigenvalue weighted by Gasteiger charge is -2.08. The van der Waals surface area contributed by atoms with Crippen LogP contribution in [-0.4, -0.2) is 44.5 Å². The van der Waals surface area contributed by atoms with Crippen molar-refractivity contribution in [3.8, 4) is 5.75 Å². The number of esters is 1. The van der Waals surface area contributed by atoms with Gasteiger partial charge < -0.3 is 14.2 Å². The van der Waals surface area contributed by atoms with Gasteiger partial charge in [-0.15, -0.1) is 0 Å². The summed E-state index contributed by atoms with van der Waals surface area (Å²) in [4.78, 5) is 11.1. The van der Waals surface area contributed by atoms with Crippen LogP contribution in [0.4, 0.5) is 0 Å². The molecular formula is C16H16O7S. The second kappa shape index (κ2) is 6.76. The lowest BCUT2D eigenvalue weighted by atomic mass is 10.1. The molecule has 0 spiro atoms. The fourth-order valence-electron chi connectivity index (χ4n) is 2.28. The highest BCUT2D eigenvalue weighted by Crippen LogP contribution is 2.32. The van der Waals surface area contributed by atoms with Crippen molar-refractivity contribution >= 4 is 26.9 Å². The van der Waals surface area contributed by atoms with Gasteiger partial charge in [0.1, 0.15) is 25.1 Å². The van der Waals surface area contributed by atoms with Gasteiger partial charge in [-0.05, 0) is 34.5 Å². The normalized spacial score (nSPS) is 16.8. The molecule has 1 fully saturated rings. The van der Waals surface area contributed by atoms with Crippen molar-refractivity contribution in [3.63, 3.8) is 0 Å². The Morgan fingerprint density at radius 3 is 2.58 bits per heavy atom. The third-order valence-corrected chi connectivity index (χ3v) is 4.06. The molecule has 8 heteroatoms. The van der Waals surface area contributed by atoms with Crippen LogP contribution in [0, 0.1) is 0 Å². The number of hydrogen-bond acceptors (Lipinski definition) is 6. The summed E-state index contributed by atoms with van der Waals surface area (Å²) in [5.41, 5.74) is 1.15. The summed E-state index contributed by atoms with van der Waals surface area (Å²) in [6.45, 7) is 0.740. The zero-order valence-electron chi connectivity index (χ0n) is 12.7. The molecule has 0 radical (unpaired) electrons. The first kappa shape index (κ1) is 16.7. The van der Waals surface area contributed by atoms with E-state index in [1.165, 1.54) is 0 Å². The van der Waals surface area contributed by atoms with Crippen molar-refractivity contribution in [2.45, 2.75) is 6.10 Å². The minimum absolute atomic E-state index is 0.0801. The Labute approximate surface area is 138 Å². The number of hydrogen-bond donors (Lipinski definition) is 1. The van der Waals surface area contributed by atoms with E-state index in [0.717, 1.165) is 22.9 Å². The Morgan fingerprint density at radius 2 is 1.88 bits per heavy atom. The number of ether oxygens (including phenoxy) is 3. The molecule has 1 aliphatic rings. The highest BCUT2D eigenvalue weighted by Gasteiger charge is 2.24. The third-order valence-electron chi connectivity index (χ3n) is 3.46. The van der Waals surface area contributed by atoms with Crippen molar-refractivity contribution in [2.75, 3.05) is 25.6 Å². The van der Waals surface area contributed by atoms with Gasteiger partial charge in [-0.25, -0.2) is 0 Å². The van der Waals surface area contributed by atoms with E-state index in [1.807, 2.05) is 24.3 Å². The Morgan fingerprint density at radius 1 is 1.17 bits per heavy atom. The summed E-state index contributed by atoms with van der Waals surface area (Å²) in [6, 6.07) is 11.7. The first-order valence-electron chi connectivity index (χ1n) is 7.30. The van der Waals surface area contributed by atoms with Crippen LogP contribution in [0.1, 0.15) is 11.7 Å². The van der Waals surface area contributed by atoms with Crippen LogP contribution in [-0.2, 0) is 24.4 Å². The van der Waals surface area contributed by atoms with Gasteiger partial charge in [-0.3, -0.25) is 9.35 Å². The molecule has 24 heavy (non-hydrogen) atoms. The highest BCUT2D eigenvalue weighted by molar-refractivity contribution is 7.86. The number of rotatable bonds is 7. The van der Waals surface area contributed by atoms with E-state index in [0.29, 0.717) is 5.75 Å². The summed E-state index contributed by atoms with van der Waals surface area (Å²) in [5, 5.41) is 2.09. The van der Waals surface area contributed by atoms with Gasteiger partial charge in [0.15, 0.2) is 5.75 Å². The molecule has 1 heterocycles. The Hall–Kier alpha value is -2.16. The lowest BCUT2D eigenvalue weighted by Crippen LogP contribution is -2.20. The molecule has 2 aromatic carbocycles. The maximum Gasteiger partial charge on any atom is 0.323 e. The number of carbonyl (C=O) groups is 1. The van der Waals surface area contributed by atoms with Crippen LogP contribution < -0.4 is 4.74 Å². The Kier molecular flexibility index (Phi) is 4.70. The third kappa shape index (κ3) is 4.67. The highest BCUT2D eigenvalue weighted by atomic mass is 32.2. The van der Waals surface area contributed by atoms with Crippen LogP contribution in [0.2, 0.25) is 0 Å². The van der Waals surface area contributed by atoms with E-state index in [9.17, 15) is 13.2 Å². The first-order chi connectivity index (χ1) is 11.4. The molecule has 0 amide bonds. The predicted molar refractivity (Wildman–Crippen MR) is 85.5 cm³/mol. The SMILES string of the molecule is O=C(CS(=O)(=O)O)OCCOc1ccc2cc(C3CO3)ccc2c1. The molecule has 0 saturated carbocycles. The molecule has 0 bridgehead atoms. The average molecular weight is 352 g/mol. The molecule has 0 aromatic heterocycles. The van der Waals surface area contributed by atoms with Gasteiger partial charge in [0.2, 0.25) is 0 Å². The predicted octanol–water partition coefficient (Wildman–Crippen LogP) is 1.72. The molecule has 1 N–H and O–H groups in total. The van der Waals surface area contributed by atoms with E-state index in [-0.39, 0.29) is 19.3 Å². The number of epoxide rings is 1. The van der Waals surface area contributed by atoms with Crippen LogP contribution in [0.3, 0.4) is 0 Å². The summed E-state index contributed by atoms with van der Waals surface area (Å²) >= 11 is 0. The van der Waals surface area contributed by atoms with Gasteiger partial charge in [0.05, 0.1) is 6.61 Å². The zero-order valence-corrected chi connectivity index (χ0v) is 13.5. The Bertz CT molecular complexity index is 856. The van der Waals surface area contributed by atoms with E-state index in [4.69, 9.17) is 14.0 Å². The lowest BCUT2D eigenvalue weighted by molar-refractivity contribution is -0.141. The second-order valence-electron chi connectivity index (χ2n) is 5.39. The second-order valence-corrected chi connectivity index (χ2v) is 6.84. The molecule has 1 atom stereocenters. The fourth-order valence-corrected chi connectivity index (χ4v) is 2.66. The number of fused-ring (bicyclic) bond motifs is 1. The molecular weight excluding hydrogens is 336 g/mol. The number of benzene rings is 2. The summed E-state index contributed by atoms with van der Waals surface area (Å²) in [6.07, 6.45) is 0.211. The molecule has 128 valence electrons. The Balaban J connectivity index is 1.52. The van der Waals surface area contributed by atoms with E-state index in [2.05, 4.69) is 10.8 Å². The summed E-state index contributed by atoms with van der Waals surface area (Å²) < 4.78 is 44.9. The van der Waals surface area contributed by atoms with Gasteiger partial charge in [0, 0.05) is 0 Å². The zero-order chi connectivity index (χ0) is 17.2. The quantitative estimate of drug-likeness (QED) is 0.350. The molecule has 2 aromatic rings. The largest absolute Gasteiger partial charge is 0.490 e. The van der Waals surface area contributed by atoms with E-state index in [1.54, 1.807) is 6.07 Å². The molecule has 1 aliphatic heterocycles. The van der Waals surface area contributed by atoms with Crippen molar-refractivity contribution < 1.29 is 32.0 Å².